The monoisotopic (exact) mass is 286 g/mol. The highest BCUT2D eigenvalue weighted by molar-refractivity contribution is 9.10. The van der Waals surface area contributed by atoms with Gasteiger partial charge < -0.3 is 9.47 Å². The van der Waals surface area contributed by atoms with Crippen LogP contribution in [0.3, 0.4) is 0 Å². The second kappa shape index (κ2) is 5.34. The van der Waals surface area contributed by atoms with Crippen molar-refractivity contribution in [1.82, 2.24) is 0 Å². The Morgan fingerprint density at radius 1 is 1.25 bits per heavy atom. The van der Waals surface area contributed by atoms with Crippen LogP contribution in [0, 0.1) is 5.82 Å². The van der Waals surface area contributed by atoms with Gasteiger partial charge in [-0.1, -0.05) is 22.0 Å². The maximum absolute atomic E-state index is 13.4. The highest BCUT2D eigenvalue weighted by atomic mass is 79.9. The minimum Gasteiger partial charge on any atom is -0.459 e. The zero-order valence-corrected chi connectivity index (χ0v) is 10.2. The third-order valence-corrected chi connectivity index (χ3v) is 2.91. The number of rotatable bonds is 4. The summed E-state index contributed by atoms with van der Waals surface area (Å²) in [7, 11) is 0. The van der Waals surface area contributed by atoms with Crippen LogP contribution in [-0.4, -0.2) is 6.29 Å². The van der Waals surface area contributed by atoms with Crippen molar-refractivity contribution in [3.05, 3.63) is 46.6 Å². The van der Waals surface area contributed by atoms with E-state index in [-0.39, 0.29) is 12.1 Å². The SMILES string of the molecule is Fc1cc(Br)ccc1CCCC1OC=CO1. The van der Waals surface area contributed by atoms with Crippen LogP contribution in [0.2, 0.25) is 0 Å². The molecule has 0 amide bonds. The first-order chi connectivity index (χ1) is 7.75. The Labute approximate surface area is 102 Å². The average molecular weight is 287 g/mol. The summed E-state index contributed by atoms with van der Waals surface area (Å²) in [6, 6.07) is 5.13. The predicted octanol–water partition coefficient (Wildman–Crippen LogP) is 3.76. The summed E-state index contributed by atoms with van der Waals surface area (Å²) in [5.41, 5.74) is 0.731. The average Bonchev–Trinajstić information content (AvgIpc) is 2.74. The Hall–Kier alpha value is -1.03. The lowest BCUT2D eigenvalue weighted by atomic mass is 10.1. The van der Waals surface area contributed by atoms with Gasteiger partial charge in [-0.05, 0) is 30.5 Å². The van der Waals surface area contributed by atoms with Gasteiger partial charge in [-0.25, -0.2) is 4.39 Å². The molecule has 86 valence electrons. The maximum Gasteiger partial charge on any atom is 0.239 e. The van der Waals surface area contributed by atoms with Crippen LogP contribution in [0.5, 0.6) is 0 Å². The van der Waals surface area contributed by atoms with E-state index in [1.807, 2.05) is 6.07 Å². The second-order valence-corrected chi connectivity index (χ2v) is 4.52. The molecule has 0 fully saturated rings. The van der Waals surface area contributed by atoms with E-state index in [1.54, 1.807) is 6.07 Å². The molecule has 2 nitrogen and oxygen atoms in total. The number of aryl methyl sites for hydroxylation is 1. The molecule has 2 rings (SSSR count). The fourth-order valence-electron chi connectivity index (χ4n) is 1.59. The van der Waals surface area contributed by atoms with Gasteiger partial charge in [-0.15, -0.1) is 0 Å². The van der Waals surface area contributed by atoms with Crippen LogP contribution < -0.4 is 0 Å². The topological polar surface area (TPSA) is 18.5 Å². The van der Waals surface area contributed by atoms with E-state index in [0.717, 1.165) is 22.9 Å². The Bertz CT molecular complexity index is 385. The standard InChI is InChI=1S/C12H12BrFO2/c13-10-5-4-9(11(14)8-10)2-1-3-12-15-6-7-16-12/h4-8,12H,1-3H2. The van der Waals surface area contributed by atoms with E-state index in [4.69, 9.17) is 9.47 Å². The van der Waals surface area contributed by atoms with Crippen molar-refractivity contribution in [1.29, 1.82) is 0 Å². The fraction of sp³-hybridized carbons (Fsp3) is 0.333. The Kier molecular flexibility index (Phi) is 3.83. The Morgan fingerprint density at radius 2 is 2.00 bits per heavy atom. The minimum atomic E-state index is -0.196. The van der Waals surface area contributed by atoms with Gasteiger partial charge in [-0.2, -0.15) is 0 Å². The lowest BCUT2D eigenvalue weighted by Crippen LogP contribution is -2.07. The molecule has 0 bridgehead atoms. The van der Waals surface area contributed by atoms with E-state index < -0.39 is 0 Å². The van der Waals surface area contributed by atoms with Gasteiger partial charge in [0.2, 0.25) is 6.29 Å². The van der Waals surface area contributed by atoms with Gasteiger partial charge in [0.15, 0.2) is 0 Å². The van der Waals surface area contributed by atoms with Crippen molar-refractivity contribution in [2.24, 2.45) is 0 Å². The molecule has 1 aliphatic rings. The van der Waals surface area contributed by atoms with Crippen molar-refractivity contribution in [2.45, 2.75) is 25.6 Å². The first-order valence-corrected chi connectivity index (χ1v) is 5.95. The highest BCUT2D eigenvalue weighted by Crippen LogP contribution is 2.18. The van der Waals surface area contributed by atoms with E-state index in [0.29, 0.717) is 6.42 Å². The van der Waals surface area contributed by atoms with Gasteiger partial charge >= 0.3 is 0 Å². The van der Waals surface area contributed by atoms with Crippen LogP contribution in [0.15, 0.2) is 35.2 Å². The van der Waals surface area contributed by atoms with E-state index in [2.05, 4.69) is 15.9 Å². The van der Waals surface area contributed by atoms with Gasteiger partial charge in [0, 0.05) is 10.9 Å². The number of hydrogen-bond donors (Lipinski definition) is 0. The molecule has 0 N–H and O–H groups in total. The van der Waals surface area contributed by atoms with E-state index >= 15 is 0 Å². The van der Waals surface area contributed by atoms with Crippen LogP contribution in [-0.2, 0) is 15.9 Å². The summed E-state index contributed by atoms with van der Waals surface area (Å²) >= 11 is 3.23. The molecule has 16 heavy (non-hydrogen) atoms. The molecule has 0 aliphatic carbocycles. The van der Waals surface area contributed by atoms with Crippen molar-refractivity contribution in [3.8, 4) is 0 Å². The summed E-state index contributed by atoms with van der Waals surface area (Å²) in [6.45, 7) is 0. The van der Waals surface area contributed by atoms with E-state index in [9.17, 15) is 4.39 Å². The van der Waals surface area contributed by atoms with Gasteiger partial charge in [-0.3, -0.25) is 0 Å². The molecule has 0 saturated heterocycles. The molecule has 0 radical (unpaired) electrons. The Balaban J connectivity index is 1.80. The normalized spacial score (nSPS) is 14.9. The van der Waals surface area contributed by atoms with Gasteiger partial charge in [0.05, 0.1) is 0 Å². The zero-order chi connectivity index (χ0) is 11.4. The molecule has 0 aromatic heterocycles. The van der Waals surface area contributed by atoms with Gasteiger partial charge in [0.1, 0.15) is 18.3 Å². The molecule has 4 heteroatoms. The lowest BCUT2D eigenvalue weighted by molar-refractivity contribution is -0.0290. The van der Waals surface area contributed by atoms with E-state index in [1.165, 1.54) is 18.6 Å². The molecular weight excluding hydrogens is 275 g/mol. The molecule has 0 atom stereocenters. The second-order valence-electron chi connectivity index (χ2n) is 3.60. The third kappa shape index (κ3) is 2.98. The molecule has 0 spiro atoms. The molecule has 0 saturated carbocycles. The van der Waals surface area contributed by atoms with Crippen LogP contribution in [0.1, 0.15) is 18.4 Å². The highest BCUT2D eigenvalue weighted by Gasteiger charge is 2.12. The largest absolute Gasteiger partial charge is 0.459 e. The third-order valence-electron chi connectivity index (χ3n) is 2.42. The van der Waals surface area contributed by atoms with Gasteiger partial charge in [0.25, 0.3) is 0 Å². The molecule has 0 unspecified atom stereocenters. The Morgan fingerprint density at radius 3 is 2.69 bits per heavy atom. The first-order valence-electron chi connectivity index (χ1n) is 5.15. The van der Waals surface area contributed by atoms with Crippen LogP contribution in [0.4, 0.5) is 4.39 Å². The summed E-state index contributed by atoms with van der Waals surface area (Å²) in [5.74, 6) is -0.166. The number of ether oxygens (including phenoxy) is 2. The minimum absolute atomic E-state index is 0.166. The first kappa shape index (κ1) is 11.5. The molecule has 1 heterocycles. The molecular formula is C12H12BrFO2. The molecule has 1 aromatic rings. The smallest absolute Gasteiger partial charge is 0.239 e. The quantitative estimate of drug-likeness (QED) is 0.839. The van der Waals surface area contributed by atoms with Crippen molar-refractivity contribution in [3.63, 3.8) is 0 Å². The summed E-state index contributed by atoms with van der Waals surface area (Å²) < 4.78 is 24.5. The zero-order valence-electron chi connectivity index (χ0n) is 8.66. The van der Waals surface area contributed by atoms with Crippen LogP contribution in [0.25, 0.3) is 0 Å². The van der Waals surface area contributed by atoms with Crippen molar-refractivity contribution >= 4 is 15.9 Å². The van der Waals surface area contributed by atoms with Crippen LogP contribution >= 0.6 is 15.9 Å². The summed E-state index contributed by atoms with van der Waals surface area (Å²) in [6.07, 6.45) is 5.17. The number of hydrogen-bond acceptors (Lipinski definition) is 2. The van der Waals surface area contributed by atoms with Crippen molar-refractivity contribution < 1.29 is 13.9 Å². The number of halogens is 2. The predicted molar refractivity (Wildman–Crippen MR) is 62.1 cm³/mol. The number of benzene rings is 1. The summed E-state index contributed by atoms with van der Waals surface area (Å²) in [4.78, 5) is 0. The van der Waals surface area contributed by atoms with Crippen molar-refractivity contribution in [2.75, 3.05) is 0 Å². The fourth-order valence-corrected chi connectivity index (χ4v) is 1.92. The molecule has 1 aliphatic heterocycles. The maximum atomic E-state index is 13.4. The lowest BCUT2D eigenvalue weighted by Gasteiger charge is -2.09. The molecule has 1 aromatic carbocycles. The summed E-state index contributed by atoms with van der Waals surface area (Å²) in [5, 5.41) is 0.